The summed E-state index contributed by atoms with van der Waals surface area (Å²) in [6.07, 6.45) is 4.02. The summed E-state index contributed by atoms with van der Waals surface area (Å²) >= 11 is 0. The molecule has 0 aliphatic carbocycles. The van der Waals surface area contributed by atoms with Crippen LogP contribution in [0.3, 0.4) is 0 Å². The van der Waals surface area contributed by atoms with Crippen LogP contribution >= 0.6 is 0 Å². The molecule has 6 heteroatoms. The van der Waals surface area contributed by atoms with Crippen LogP contribution in [0, 0.1) is 0 Å². The van der Waals surface area contributed by atoms with Crippen molar-refractivity contribution in [2.45, 2.75) is 18.9 Å². The van der Waals surface area contributed by atoms with Crippen LogP contribution in [0.15, 0.2) is 12.4 Å². The Balaban J connectivity index is 1.78. The molecule has 0 bridgehead atoms. The molecule has 0 spiro atoms. The summed E-state index contributed by atoms with van der Waals surface area (Å²) in [5, 5.41) is 3.23. The predicted octanol–water partition coefficient (Wildman–Crippen LogP) is 1.09. The average Bonchev–Trinajstić information content (AvgIpc) is 2.90. The highest BCUT2D eigenvalue weighted by molar-refractivity contribution is 5.37. The molecule has 1 saturated heterocycles. The van der Waals surface area contributed by atoms with Gasteiger partial charge < -0.3 is 19.5 Å². The summed E-state index contributed by atoms with van der Waals surface area (Å²) in [7, 11) is 1.64. The van der Waals surface area contributed by atoms with Gasteiger partial charge in [0.05, 0.1) is 12.7 Å². The molecule has 0 saturated carbocycles. The SMILES string of the molecule is COCCOc1cc(NCC2CCCO2)ncn1. The summed E-state index contributed by atoms with van der Waals surface area (Å²) in [6.45, 7) is 2.66. The van der Waals surface area contributed by atoms with Crippen molar-refractivity contribution in [2.75, 3.05) is 38.8 Å². The van der Waals surface area contributed by atoms with Gasteiger partial charge in [-0.2, -0.15) is 0 Å². The lowest BCUT2D eigenvalue weighted by atomic mass is 10.2. The first-order chi connectivity index (χ1) is 8.88. The van der Waals surface area contributed by atoms with E-state index in [-0.39, 0.29) is 6.10 Å². The predicted molar refractivity (Wildman–Crippen MR) is 66.9 cm³/mol. The van der Waals surface area contributed by atoms with Gasteiger partial charge in [0.1, 0.15) is 18.8 Å². The van der Waals surface area contributed by atoms with Gasteiger partial charge in [0.25, 0.3) is 0 Å². The van der Waals surface area contributed by atoms with Gasteiger partial charge in [0.2, 0.25) is 5.88 Å². The lowest BCUT2D eigenvalue weighted by Gasteiger charge is -2.11. The molecule has 0 aromatic carbocycles. The maximum absolute atomic E-state index is 5.53. The lowest BCUT2D eigenvalue weighted by Crippen LogP contribution is -2.19. The monoisotopic (exact) mass is 253 g/mol. The highest BCUT2D eigenvalue weighted by atomic mass is 16.5. The number of aromatic nitrogens is 2. The fourth-order valence-electron chi connectivity index (χ4n) is 1.77. The van der Waals surface area contributed by atoms with Crippen LogP contribution in [0.2, 0.25) is 0 Å². The number of rotatable bonds is 7. The maximum Gasteiger partial charge on any atom is 0.218 e. The van der Waals surface area contributed by atoms with Crippen LogP contribution in [0.25, 0.3) is 0 Å². The highest BCUT2D eigenvalue weighted by Crippen LogP contribution is 2.14. The number of hydrogen-bond acceptors (Lipinski definition) is 6. The molecule has 1 atom stereocenters. The van der Waals surface area contributed by atoms with Crippen LogP contribution in [-0.4, -0.2) is 49.5 Å². The molecule has 6 nitrogen and oxygen atoms in total. The molecular weight excluding hydrogens is 234 g/mol. The van der Waals surface area contributed by atoms with Gasteiger partial charge in [0.15, 0.2) is 0 Å². The Morgan fingerprint density at radius 2 is 2.39 bits per heavy atom. The third-order valence-corrected chi connectivity index (χ3v) is 2.71. The van der Waals surface area contributed by atoms with Gasteiger partial charge in [-0.3, -0.25) is 0 Å². The van der Waals surface area contributed by atoms with E-state index in [1.807, 2.05) is 0 Å². The van der Waals surface area contributed by atoms with Crippen molar-refractivity contribution in [3.63, 3.8) is 0 Å². The third kappa shape index (κ3) is 4.12. The molecule has 0 amide bonds. The molecule has 1 aromatic rings. The van der Waals surface area contributed by atoms with Gasteiger partial charge in [-0.25, -0.2) is 9.97 Å². The number of nitrogens with one attached hydrogen (secondary N) is 1. The Hall–Kier alpha value is -1.40. The zero-order chi connectivity index (χ0) is 12.6. The molecule has 2 rings (SSSR count). The molecule has 1 unspecified atom stereocenters. The minimum absolute atomic E-state index is 0.290. The fourth-order valence-corrected chi connectivity index (χ4v) is 1.77. The molecule has 0 radical (unpaired) electrons. The number of ether oxygens (including phenoxy) is 3. The number of anilines is 1. The number of hydrogen-bond donors (Lipinski definition) is 1. The maximum atomic E-state index is 5.53. The molecule has 1 aliphatic heterocycles. The normalized spacial score (nSPS) is 18.8. The zero-order valence-electron chi connectivity index (χ0n) is 10.6. The smallest absolute Gasteiger partial charge is 0.218 e. The van der Waals surface area contributed by atoms with Gasteiger partial charge in [-0.05, 0) is 12.8 Å². The molecule has 2 heterocycles. The van der Waals surface area contributed by atoms with E-state index in [0.29, 0.717) is 19.1 Å². The topological polar surface area (TPSA) is 65.5 Å². The van der Waals surface area contributed by atoms with Crippen molar-refractivity contribution in [3.05, 3.63) is 12.4 Å². The second kappa shape index (κ2) is 7.13. The Morgan fingerprint density at radius 3 is 3.17 bits per heavy atom. The van der Waals surface area contributed by atoms with Gasteiger partial charge >= 0.3 is 0 Å². The van der Waals surface area contributed by atoms with Crippen molar-refractivity contribution in [2.24, 2.45) is 0 Å². The summed E-state index contributed by atoms with van der Waals surface area (Å²) in [5.41, 5.74) is 0. The minimum Gasteiger partial charge on any atom is -0.475 e. The van der Waals surface area contributed by atoms with Crippen LogP contribution in [-0.2, 0) is 9.47 Å². The first kappa shape index (κ1) is 13.0. The number of nitrogens with zero attached hydrogens (tertiary/aromatic N) is 2. The Kier molecular flexibility index (Phi) is 5.16. The van der Waals surface area contributed by atoms with E-state index in [1.165, 1.54) is 6.33 Å². The van der Waals surface area contributed by atoms with Crippen molar-refractivity contribution in [1.82, 2.24) is 9.97 Å². The molecular formula is C12H19N3O3. The summed E-state index contributed by atoms with van der Waals surface area (Å²) < 4.78 is 15.9. The van der Waals surface area contributed by atoms with Crippen molar-refractivity contribution in [3.8, 4) is 5.88 Å². The average molecular weight is 253 g/mol. The van der Waals surface area contributed by atoms with Gasteiger partial charge in [-0.15, -0.1) is 0 Å². The lowest BCUT2D eigenvalue weighted by molar-refractivity contribution is 0.120. The quantitative estimate of drug-likeness (QED) is 0.734. The van der Waals surface area contributed by atoms with Crippen LogP contribution in [0.1, 0.15) is 12.8 Å². The van der Waals surface area contributed by atoms with E-state index >= 15 is 0 Å². The second-order valence-corrected chi connectivity index (χ2v) is 4.10. The molecule has 1 N–H and O–H groups in total. The second-order valence-electron chi connectivity index (χ2n) is 4.10. The number of methoxy groups -OCH3 is 1. The minimum atomic E-state index is 0.290. The molecule has 100 valence electrons. The Bertz CT molecular complexity index is 356. The van der Waals surface area contributed by atoms with E-state index in [9.17, 15) is 0 Å². The first-order valence-corrected chi connectivity index (χ1v) is 6.18. The zero-order valence-corrected chi connectivity index (χ0v) is 10.6. The highest BCUT2D eigenvalue weighted by Gasteiger charge is 2.15. The van der Waals surface area contributed by atoms with Gasteiger partial charge in [-0.1, -0.05) is 0 Å². The first-order valence-electron chi connectivity index (χ1n) is 6.18. The molecule has 1 fully saturated rings. The van der Waals surface area contributed by atoms with E-state index in [4.69, 9.17) is 14.2 Å². The van der Waals surface area contributed by atoms with Crippen LogP contribution in [0.4, 0.5) is 5.82 Å². The summed E-state index contributed by atoms with van der Waals surface area (Å²) in [4.78, 5) is 8.17. The van der Waals surface area contributed by atoms with E-state index < -0.39 is 0 Å². The summed E-state index contributed by atoms with van der Waals surface area (Å²) in [5.74, 6) is 1.31. The van der Waals surface area contributed by atoms with Crippen molar-refractivity contribution < 1.29 is 14.2 Å². The van der Waals surface area contributed by atoms with E-state index in [1.54, 1.807) is 13.2 Å². The van der Waals surface area contributed by atoms with Crippen LogP contribution < -0.4 is 10.1 Å². The third-order valence-electron chi connectivity index (χ3n) is 2.71. The molecule has 18 heavy (non-hydrogen) atoms. The Morgan fingerprint density at radius 1 is 1.44 bits per heavy atom. The molecule has 1 aromatic heterocycles. The largest absolute Gasteiger partial charge is 0.475 e. The standard InChI is InChI=1S/C12H19N3O3/c1-16-5-6-18-12-7-11(14-9-15-12)13-8-10-3-2-4-17-10/h7,9-10H,2-6,8H2,1H3,(H,13,14,15). The van der Waals surface area contributed by atoms with E-state index in [2.05, 4.69) is 15.3 Å². The fraction of sp³-hybridized carbons (Fsp3) is 0.667. The van der Waals surface area contributed by atoms with Crippen molar-refractivity contribution in [1.29, 1.82) is 0 Å². The van der Waals surface area contributed by atoms with Gasteiger partial charge in [0, 0.05) is 26.3 Å². The van der Waals surface area contributed by atoms with Crippen LogP contribution in [0.5, 0.6) is 5.88 Å². The van der Waals surface area contributed by atoms with E-state index in [0.717, 1.165) is 31.8 Å². The Labute approximate surface area is 107 Å². The summed E-state index contributed by atoms with van der Waals surface area (Å²) in [6, 6.07) is 1.78. The van der Waals surface area contributed by atoms with Crippen molar-refractivity contribution >= 4 is 5.82 Å². The molecule has 1 aliphatic rings.